The third-order valence-electron chi connectivity index (χ3n) is 2.63. The molecule has 19 heavy (non-hydrogen) atoms. The summed E-state index contributed by atoms with van der Waals surface area (Å²) in [5.41, 5.74) is 2.01. The van der Waals surface area contributed by atoms with E-state index >= 15 is 0 Å². The van der Waals surface area contributed by atoms with Gasteiger partial charge in [-0.15, -0.1) is 0 Å². The first kappa shape index (κ1) is 14.3. The van der Waals surface area contributed by atoms with Gasteiger partial charge in [0.05, 0.1) is 10.0 Å². The van der Waals surface area contributed by atoms with Crippen LogP contribution >= 0.6 is 34.8 Å². The van der Waals surface area contributed by atoms with Gasteiger partial charge in [0.1, 0.15) is 5.69 Å². The summed E-state index contributed by atoms with van der Waals surface area (Å²) in [6, 6.07) is 7.06. The van der Waals surface area contributed by atoms with Crippen LogP contribution in [-0.2, 0) is 6.42 Å². The standard InChI is InChI=1S/C14H10Cl3NO/c1-8-2-3-9(11(16)4-8)5-13(19)14-12(17)6-10(15)7-18-14/h2-4,6-7H,5H2,1H3. The zero-order chi connectivity index (χ0) is 14.0. The number of ketones is 1. The number of aryl methyl sites for hydroxylation is 1. The third kappa shape index (κ3) is 3.47. The van der Waals surface area contributed by atoms with Crippen molar-refractivity contribution in [1.82, 2.24) is 4.98 Å². The molecule has 0 aliphatic rings. The van der Waals surface area contributed by atoms with Crippen LogP contribution in [0.4, 0.5) is 0 Å². The van der Waals surface area contributed by atoms with Crippen molar-refractivity contribution in [3.05, 3.63) is 62.4 Å². The van der Waals surface area contributed by atoms with E-state index in [1.807, 2.05) is 25.1 Å². The van der Waals surface area contributed by atoms with Gasteiger partial charge in [-0.1, -0.05) is 46.9 Å². The lowest BCUT2D eigenvalue weighted by molar-refractivity contribution is 0.0988. The number of aromatic nitrogens is 1. The van der Waals surface area contributed by atoms with Crippen molar-refractivity contribution < 1.29 is 4.79 Å². The molecule has 0 aliphatic heterocycles. The van der Waals surface area contributed by atoms with Crippen molar-refractivity contribution in [3.8, 4) is 0 Å². The van der Waals surface area contributed by atoms with Gasteiger partial charge >= 0.3 is 0 Å². The maximum Gasteiger partial charge on any atom is 0.187 e. The maximum absolute atomic E-state index is 12.1. The first-order valence-electron chi connectivity index (χ1n) is 5.56. The minimum absolute atomic E-state index is 0.160. The summed E-state index contributed by atoms with van der Waals surface area (Å²) in [5, 5.41) is 1.22. The van der Waals surface area contributed by atoms with E-state index in [-0.39, 0.29) is 22.9 Å². The van der Waals surface area contributed by atoms with Crippen molar-refractivity contribution in [3.63, 3.8) is 0 Å². The van der Waals surface area contributed by atoms with E-state index in [4.69, 9.17) is 34.8 Å². The van der Waals surface area contributed by atoms with E-state index in [1.165, 1.54) is 12.3 Å². The fourth-order valence-electron chi connectivity index (χ4n) is 1.67. The molecule has 98 valence electrons. The average molecular weight is 315 g/mol. The number of benzene rings is 1. The van der Waals surface area contributed by atoms with Crippen molar-refractivity contribution >= 4 is 40.6 Å². The molecule has 0 radical (unpaired) electrons. The monoisotopic (exact) mass is 313 g/mol. The molecule has 0 N–H and O–H groups in total. The molecule has 0 saturated heterocycles. The number of hydrogen-bond acceptors (Lipinski definition) is 2. The van der Waals surface area contributed by atoms with Crippen molar-refractivity contribution in [2.45, 2.75) is 13.3 Å². The highest BCUT2D eigenvalue weighted by Gasteiger charge is 2.14. The van der Waals surface area contributed by atoms with E-state index < -0.39 is 0 Å². The first-order chi connectivity index (χ1) is 8.97. The molecule has 0 amide bonds. The largest absolute Gasteiger partial charge is 0.292 e. The van der Waals surface area contributed by atoms with Gasteiger partial charge in [0.25, 0.3) is 0 Å². The van der Waals surface area contributed by atoms with Gasteiger partial charge in [-0.3, -0.25) is 4.79 Å². The average Bonchev–Trinajstić information content (AvgIpc) is 2.32. The number of nitrogens with zero attached hydrogens (tertiary/aromatic N) is 1. The molecule has 2 rings (SSSR count). The number of halogens is 3. The molecule has 1 aromatic carbocycles. The summed E-state index contributed by atoms with van der Waals surface area (Å²) in [7, 11) is 0. The molecule has 2 nitrogen and oxygen atoms in total. The normalized spacial score (nSPS) is 10.5. The second-order valence-corrected chi connectivity index (χ2v) is 5.43. The molecule has 0 aliphatic carbocycles. The molecule has 0 bridgehead atoms. The van der Waals surface area contributed by atoms with Crippen LogP contribution in [-0.4, -0.2) is 10.8 Å². The Morgan fingerprint density at radius 2 is 1.89 bits per heavy atom. The third-order valence-corrected chi connectivity index (χ3v) is 3.48. The summed E-state index contributed by atoms with van der Waals surface area (Å²) in [6.45, 7) is 1.94. The van der Waals surface area contributed by atoms with Crippen LogP contribution in [0.2, 0.25) is 15.1 Å². The van der Waals surface area contributed by atoms with Gasteiger partial charge in [-0.05, 0) is 30.2 Å². The first-order valence-corrected chi connectivity index (χ1v) is 6.70. The van der Waals surface area contributed by atoms with E-state index in [2.05, 4.69) is 4.98 Å². The highest BCUT2D eigenvalue weighted by Crippen LogP contribution is 2.23. The second-order valence-electron chi connectivity index (χ2n) is 4.18. The summed E-state index contributed by atoms with van der Waals surface area (Å²) in [4.78, 5) is 16.1. The lowest BCUT2D eigenvalue weighted by Crippen LogP contribution is -2.07. The molecular weight excluding hydrogens is 305 g/mol. The summed E-state index contributed by atoms with van der Waals surface area (Å²) >= 11 is 17.8. The Kier molecular flexibility index (Phi) is 4.46. The number of carbonyl (C=O) groups is 1. The molecule has 0 saturated carbocycles. The number of carbonyl (C=O) groups excluding carboxylic acids is 1. The van der Waals surface area contributed by atoms with Crippen molar-refractivity contribution in [2.24, 2.45) is 0 Å². The molecule has 5 heteroatoms. The lowest BCUT2D eigenvalue weighted by atomic mass is 10.0. The number of hydrogen-bond donors (Lipinski definition) is 0. The van der Waals surface area contributed by atoms with Gasteiger partial charge in [-0.25, -0.2) is 4.98 Å². The highest BCUT2D eigenvalue weighted by atomic mass is 35.5. The second kappa shape index (κ2) is 5.91. The zero-order valence-electron chi connectivity index (χ0n) is 10.1. The minimum Gasteiger partial charge on any atom is -0.292 e. The van der Waals surface area contributed by atoms with Gasteiger partial charge in [-0.2, -0.15) is 0 Å². The topological polar surface area (TPSA) is 30.0 Å². The van der Waals surface area contributed by atoms with Crippen molar-refractivity contribution in [2.75, 3.05) is 0 Å². The van der Waals surface area contributed by atoms with Crippen LogP contribution in [0.3, 0.4) is 0 Å². The van der Waals surface area contributed by atoms with Crippen LogP contribution < -0.4 is 0 Å². The van der Waals surface area contributed by atoms with Crippen molar-refractivity contribution in [1.29, 1.82) is 0 Å². The van der Waals surface area contributed by atoms with Gasteiger partial charge in [0.2, 0.25) is 0 Å². The molecule has 0 unspecified atom stereocenters. The van der Waals surface area contributed by atoms with Gasteiger partial charge < -0.3 is 0 Å². The van der Waals surface area contributed by atoms with E-state index in [0.29, 0.717) is 10.0 Å². The fraction of sp³-hybridized carbons (Fsp3) is 0.143. The number of Topliss-reactive ketones (excluding diaryl/α,β-unsaturated/α-hetero) is 1. The molecule has 2 aromatic rings. The Morgan fingerprint density at radius 3 is 2.53 bits per heavy atom. The quantitative estimate of drug-likeness (QED) is 0.763. The Bertz CT molecular complexity index is 641. The molecule has 1 heterocycles. The Labute approximate surface area is 126 Å². The van der Waals surface area contributed by atoms with E-state index in [9.17, 15) is 4.79 Å². The summed E-state index contributed by atoms with van der Waals surface area (Å²) in [5.74, 6) is -0.188. The van der Waals surface area contributed by atoms with Gasteiger partial charge in [0.15, 0.2) is 5.78 Å². The predicted octanol–water partition coefficient (Wildman–Crippen LogP) is 4.78. The van der Waals surface area contributed by atoms with Crippen LogP contribution in [0.25, 0.3) is 0 Å². The SMILES string of the molecule is Cc1ccc(CC(=O)c2ncc(Cl)cc2Cl)c(Cl)c1. The van der Waals surface area contributed by atoms with Crippen LogP contribution in [0.1, 0.15) is 21.6 Å². The van der Waals surface area contributed by atoms with Crippen LogP contribution in [0.15, 0.2) is 30.5 Å². The number of rotatable bonds is 3. The molecular formula is C14H10Cl3NO. The predicted molar refractivity (Wildman–Crippen MR) is 78.5 cm³/mol. The number of pyridine rings is 1. The van der Waals surface area contributed by atoms with Gasteiger partial charge in [0, 0.05) is 17.6 Å². The smallest absolute Gasteiger partial charge is 0.187 e. The molecule has 0 spiro atoms. The van der Waals surface area contributed by atoms with Crippen LogP contribution in [0.5, 0.6) is 0 Å². The summed E-state index contributed by atoms with van der Waals surface area (Å²) in [6.07, 6.45) is 1.56. The maximum atomic E-state index is 12.1. The van der Waals surface area contributed by atoms with Crippen LogP contribution in [0, 0.1) is 6.92 Å². The Hall–Kier alpha value is -1.09. The minimum atomic E-state index is -0.188. The van der Waals surface area contributed by atoms with E-state index in [1.54, 1.807) is 0 Å². The molecule has 1 aromatic heterocycles. The highest BCUT2D eigenvalue weighted by molar-refractivity contribution is 6.36. The lowest BCUT2D eigenvalue weighted by Gasteiger charge is -2.06. The molecule has 0 fully saturated rings. The Morgan fingerprint density at radius 1 is 1.16 bits per heavy atom. The zero-order valence-corrected chi connectivity index (χ0v) is 12.4. The summed E-state index contributed by atoms with van der Waals surface area (Å²) < 4.78 is 0. The van der Waals surface area contributed by atoms with E-state index in [0.717, 1.165) is 11.1 Å². The molecule has 0 atom stereocenters. The fourth-order valence-corrected chi connectivity index (χ4v) is 2.46. The Balaban J connectivity index is 2.25.